The van der Waals surface area contributed by atoms with Gasteiger partial charge in [-0.3, -0.25) is 4.79 Å². The van der Waals surface area contributed by atoms with E-state index in [4.69, 9.17) is 0 Å². The van der Waals surface area contributed by atoms with Gasteiger partial charge in [-0.05, 0) is 28.1 Å². The third-order valence-electron chi connectivity index (χ3n) is 2.43. The van der Waals surface area contributed by atoms with Crippen molar-refractivity contribution in [1.29, 1.82) is 0 Å². The van der Waals surface area contributed by atoms with E-state index in [2.05, 4.69) is 20.9 Å². The Balaban J connectivity index is 2.10. The van der Waals surface area contributed by atoms with Crippen LogP contribution in [0.1, 0.15) is 23.3 Å². The summed E-state index contributed by atoms with van der Waals surface area (Å²) < 4.78 is 25.7. The number of ketones is 1. The lowest BCUT2D eigenvalue weighted by Gasteiger charge is -2.33. The van der Waals surface area contributed by atoms with Crippen LogP contribution in [0.2, 0.25) is 0 Å². The van der Waals surface area contributed by atoms with E-state index >= 15 is 0 Å². The molecule has 1 aliphatic carbocycles. The minimum atomic E-state index is -2.66. The van der Waals surface area contributed by atoms with Crippen LogP contribution in [-0.4, -0.2) is 16.7 Å². The van der Waals surface area contributed by atoms with Gasteiger partial charge < -0.3 is 0 Å². The van der Waals surface area contributed by atoms with Gasteiger partial charge in [0.25, 0.3) is 0 Å². The van der Waals surface area contributed by atoms with Crippen molar-refractivity contribution in [1.82, 2.24) is 4.98 Å². The zero-order valence-corrected chi connectivity index (χ0v) is 9.30. The fourth-order valence-corrected chi connectivity index (χ4v) is 1.94. The molecule has 1 aromatic rings. The molecule has 0 aliphatic heterocycles. The first-order valence-electron chi connectivity index (χ1n) is 4.52. The first kappa shape index (κ1) is 10.7. The molecule has 0 atom stereocenters. The number of alkyl halides is 2. The molecule has 1 fully saturated rings. The number of hydrogen-bond acceptors (Lipinski definition) is 2. The Labute approximate surface area is 93.8 Å². The van der Waals surface area contributed by atoms with E-state index < -0.39 is 11.8 Å². The van der Waals surface area contributed by atoms with E-state index in [1.165, 1.54) is 0 Å². The molecule has 0 bridgehead atoms. The second kappa shape index (κ2) is 3.63. The molecule has 5 heteroatoms. The van der Waals surface area contributed by atoms with Gasteiger partial charge in [0.1, 0.15) is 10.3 Å². The molecule has 1 aliphatic rings. The Morgan fingerprint density at radius 1 is 1.47 bits per heavy atom. The minimum absolute atomic E-state index is 0.255. The van der Waals surface area contributed by atoms with E-state index in [-0.39, 0.29) is 24.3 Å². The highest BCUT2D eigenvalue weighted by Crippen LogP contribution is 2.43. The summed E-state index contributed by atoms with van der Waals surface area (Å²) in [5.41, 5.74) is 0.255. The number of pyridine rings is 1. The normalized spacial score (nSPS) is 19.7. The van der Waals surface area contributed by atoms with Crippen molar-refractivity contribution < 1.29 is 13.6 Å². The Morgan fingerprint density at radius 2 is 2.13 bits per heavy atom. The van der Waals surface area contributed by atoms with Gasteiger partial charge in [-0.15, -0.1) is 0 Å². The molecule has 1 heterocycles. The smallest absolute Gasteiger partial charge is 0.249 e. The molecular formula is C10H8BrF2NO. The van der Waals surface area contributed by atoms with Gasteiger partial charge in [0.05, 0.1) is 0 Å². The summed E-state index contributed by atoms with van der Waals surface area (Å²) in [4.78, 5) is 15.6. The highest BCUT2D eigenvalue weighted by molar-refractivity contribution is 9.10. The number of halogens is 3. The van der Waals surface area contributed by atoms with Crippen LogP contribution in [0.5, 0.6) is 0 Å². The zero-order chi connectivity index (χ0) is 11.1. The molecule has 80 valence electrons. The maximum Gasteiger partial charge on any atom is 0.249 e. The van der Waals surface area contributed by atoms with Crippen LogP contribution in [0.15, 0.2) is 22.8 Å². The van der Waals surface area contributed by atoms with E-state index in [0.29, 0.717) is 4.60 Å². The van der Waals surface area contributed by atoms with Gasteiger partial charge >= 0.3 is 0 Å². The summed E-state index contributed by atoms with van der Waals surface area (Å²) in [6, 6.07) is 4.90. The Hall–Kier alpha value is -0.840. The van der Waals surface area contributed by atoms with Gasteiger partial charge in [-0.25, -0.2) is 13.8 Å². The molecular weight excluding hydrogens is 268 g/mol. The molecule has 2 nitrogen and oxygen atoms in total. The third-order valence-corrected chi connectivity index (χ3v) is 2.87. The molecule has 1 saturated carbocycles. The van der Waals surface area contributed by atoms with Gasteiger partial charge in [0.15, 0.2) is 5.78 Å². The summed E-state index contributed by atoms with van der Waals surface area (Å²) in [5.74, 6) is -3.52. The second-order valence-corrected chi connectivity index (χ2v) is 4.48. The van der Waals surface area contributed by atoms with Gasteiger partial charge in [-0.2, -0.15) is 0 Å². The van der Waals surface area contributed by atoms with Gasteiger partial charge in [-0.1, -0.05) is 6.07 Å². The van der Waals surface area contributed by atoms with Crippen molar-refractivity contribution in [2.45, 2.75) is 18.8 Å². The lowest BCUT2D eigenvalue weighted by molar-refractivity contribution is -0.0983. The largest absolute Gasteiger partial charge is 0.292 e. The van der Waals surface area contributed by atoms with Crippen LogP contribution in [0.3, 0.4) is 0 Å². The summed E-state index contributed by atoms with van der Waals surface area (Å²) >= 11 is 3.13. The van der Waals surface area contributed by atoms with Crippen LogP contribution in [0.4, 0.5) is 8.78 Å². The molecule has 0 radical (unpaired) electrons. The Morgan fingerprint density at radius 3 is 2.67 bits per heavy atom. The first-order chi connectivity index (χ1) is 6.98. The zero-order valence-electron chi connectivity index (χ0n) is 7.71. The summed E-state index contributed by atoms with van der Waals surface area (Å²) in [6.45, 7) is 0. The van der Waals surface area contributed by atoms with Crippen LogP contribution in [-0.2, 0) is 0 Å². The van der Waals surface area contributed by atoms with Crippen molar-refractivity contribution >= 4 is 21.7 Å². The minimum Gasteiger partial charge on any atom is -0.292 e. The molecule has 0 N–H and O–H groups in total. The number of aromatic nitrogens is 1. The lowest BCUT2D eigenvalue weighted by atomic mass is 9.77. The number of Topliss-reactive ketones (excluding diaryl/α,β-unsaturated/α-hetero) is 1. The maximum absolute atomic E-state index is 12.6. The van der Waals surface area contributed by atoms with Crippen LogP contribution < -0.4 is 0 Å². The van der Waals surface area contributed by atoms with Gasteiger partial charge in [0, 0.05) is 18.8 Å². The topological polar surface area (TPSA) is 30.0 Å². The fraction of sp³-hybridized carbons (Fsp3) is 0.400. The predicted octanol–water partition coefficient (Wildman–Crippen LogP) is 3.07. The number of carbonyl (C=O) groups is 1. The standard InChI is InChI=1S/C10H8BrF2NO/c11-8-3-1-2-7(14-8)9(15)6-4-10(12,13)5-6/h1-3,6H,4-5H2. The number of carbonyl (C=O) groups excluding carboxylic acids is 1. The number of hydrogen-bond donors (Lipinski definition) is 0. The molecule has 0 spiro atoms. The maximum atomic E-state index is 12.6. The molecule has 2 rings (SSSR count). The highest BCUT2D eigenvalue weighted by atomic mass is 79.9. The molecule has 0 aromatic carbocycles. The second-order valence-electron chi connectivity index (χ2n) is 3.67. The SMILES string of the molecule is O=C(c1cccc(Br)n1)C1CC(F)(F)C1. The molecule has 0 unspecified atom stereocenters. The lowest BCUT2D eigenvalue weighted by Crippen LogP contribution is -2.40. The summed E-state index contributed by atoms with van der Waals surface area (Å²) in [7, 11) is 0. The third kappa shape index (κ3) is 2.22. The first-order valence-corrected chi connectivity index (χ1v) is 5.32. The average molecular weight is 276 g/mol. The fourth-order valence-electron chi connectivity index (χ4n) is 1.60. The van der Waals surface area contributed by atoms with Crippen LogP contribution in [0.25, 0.3) is 0 Å². The molecule has 0 saturated heterocycles. The van der Waals surface area contributed by atoms with Gasteiger partial charge in [0.2, 0.25) is 5.92 Å². The van der Waals surface area contributed by atoms with Crippen molar-refractivity contribution in [3.63, 3.8) is 0 Å². The van der Waals surface area contributed by atoms with Crippen LogP contribution in [0, 0.1) is 5.92 Å². The average Bonchev–Trinajstić information content (AvgIpc) is 2.13. The quantitative estimate of drug-likeness (QED) is 0.613. The van der Waals surface area contributed by atoms with E-state index in [1.54, 1.807) is 18.2 Å². The van der Waals surface area contributed by atoms with Crippen molar-refractivity contribution in [2.75, 3.05) is 0 Å². The molecule has 0 amide bonds. The summed E-state index contributed by atoms with van der Waals surface area (Å²) in [6.07, 6.45) is -0.694. The highest BCUT2D eigenvalue weighted by Gasteiger charge is 2.48. The van der Waals surface area contributed by atoms with Crippen molar-refractivity contribution in [3.8, 4) is 0 Å². The van der Waals surface area contributed by atoms with Crippen LogP contribution >= 0.6 is 15.9 Å². The molecule has 15 heavy (non-hydrogen) atoms. The Kier molecular flexibility index (Phi) is 2.58. The van der Waals surface area contributed by atoms with E-state index in [1.807, 2.05) is 0 Å². The number of nitrogens with zero attached hydrogens (tertiary/aromatic N) is 1. The van der Waals surface area contributed by atoms with Crippen molar-refractivity contribution in [3.05, 3.63) is 28.5 Å². The monoisotopic (exact) mass is 275 g/mol. The summed E-state index contributed by atoms with van der Waals surface area (Å²) in [5, 5.41) is 0. The van der Waals surface area contributed by atoms with Crippen molar-refractivity contribution in [2.24, 2.45) is 5.92 Å². The van der Waals surface area contributed by atoms with E-state index in [0.717, 1.165) is 0 Å². The van der Waals surface area contributed by atoms with E-state index in [9.17, 15) is 13.6 Å². The predicted molar refractivity (Wildman–Crippen MR) is 53.9 cm³/mol. The number of rotatable bonds is 2. The molecule has 1 aromatic heterocycles. The Bertz CT molecular complexity index is 400.